The lowest BCUT2D eigenvalue weighted by atomic mass is 10.0. The van der Waals surface area contributed by atoms with Crippen molar-refractivity contribution in [2.75, 3.05) is 21.3 Å². The number of carbonyl (C=O) groups excluding carboxylic acids is 2. The summed E-state index contributed by atoms with van der Waals surface area (Å²) in [6.45, 7) is 0.482. The van der Waals surface area contributed by atoms with Crippen molar-refractivity contribution in [2.24, 2.45) is 0 Å². The predicted molar refractivity (Wildman–Crippen MR) is 133 cm³/mol. The molecule has 1 N–H and O–H groups in total. The zero-order valence-corrected chi connectivity index (χ0v) is 20.0. The highest BCUT2D eigenvalue weighted by Gasteiger charge is 2.20. The second-order valence-corrected chi connectivity index (χ2v) is 7.63. The highest BCUT2D eigenvalue weighted by molar-refractivity contribution is 5.92. The van der Waals surface area contributed by atoms with Crippen LogP contribution in [0.25, 0.3) is 6.08 Å². The van der Waals surface area contributed by atoms with Crippen LogP contribution in [0, 0.1) is 0 Å². The number of esters is 1. The largest absolute Gasteiger partial charge is 0.493 e. The van der Waals surface area contributed by atoms with Gasteiger partial charge in [-0.3, -0.25) is 9.59 Å². The van der Waals surface area contributed by atoms with Crippen molar-refractivity contribution in [2.45, 2.75) is 19.1 Å². The first kappa shape index (κ1) is 25.4. The van der Waals surface area contributed by atoms with E-state index in [1.165, 1.54) is 27.4 Å². The molecule has 0 heterocycles. The van der Waals surface area contributed by atoms with E-state index in [2.05, 4.69) is 5.32 Å². The standard InChI is InChI=1S/C28H29NO6/c1-32-25-15-12-22(17-26(25)33-2)24(18-28(31)34-3)29-27(30)16-11-20-9-13-23(14-10-20)35-19-21-7-5-4-6-8-21/h4-17,24H,18-19H2,1-3H3,(H,29,30)/b16-11+. The molecule has 0 aliphatic carbocycles. The number of nitrogens with one attached hydrogen (secondary N) is 1. The van der Waals surface area contributed by atoms with Crippen LogP contribution in [0.4, 0.5) is 0 Å². The van der Waals surface area contributed by atoms with Crippen molar-refractivity contribution in [3.05, 3.63) is 95.6 Å². The van der Waals surface area contributed by atoms with E-state index >= 15 is 0 Å². The molecule has 0 saturated heterocycles. The molecule has 0 spiro atoms. The van der Waals surface area contributed by atoms with E-state index in [4.69, 9.17) is 18.9 Å². The molecule has 3 aromatic carbocycles. The molecule has 3 rings (SSSR count). The zero-order valence-electron chi connectivity index (χ0n) is 20.0. The fraction of sp³-hybridized carbons (Fsp3) is 0.214. The fourth-order valence-electron chi connectivity index (χ4n) is 3.38. The van der Waals surface area contributed by atoms with E-state index in [0.29, 0.717) is 23.7 Å². The SMILES string of the molecule is COC(=O)CC(NC(=O)/C=C/c1ccc(OCc2ccccc2)cc1)c1ccc(OC)c(OC)c1. The summed E-state index contributed by atoms with van der Waals surface area (Å²) in [5, 5.41) is 2.86. The molecule has 3 aromatic rings. The number of rotatable bonds is 11. The maximum absolute atomic E-state index is 12.6. The number of benzene rings is 3. The van der Waals surface area contributed by atoms with E-state index in [-0.39, 0.29) is 12.3 Å². The lowest BCUT2D eigenvalue weighted by Gasteiger charge is -2.19. The van der Waals surface area contributed by atoms with Gasteiger partial charge in [-0.25, -0.2) is 0 Å². The summed E-state index contributed by atoms with van der Waals surface area (Å²) in [7, 11) is 4.37. The second-order valence-electron chi connectivity index (χ2n) is 7.63. The molecule has 35 heavy (non-hydrogen) atoms. The van der Waals surface area contributed by atoms with Gasteiger partial charge < -0.3 is 24.3 Å². The minimum atomic E-state index is -0.604. The first-order valence-corrected chi connectivity index (χ1v) is 11.1. The minimum absolute atomic E-state index is 0.0288. The van der Waals surface area contributed by atoms with Crippen molar-refractivity contribution < 1.29 is 28.5 Å². The van der Waals surface area contributed by atoms with Crippen molar-refractivity contribution in [3.8, 4) is 17.2 Å². The summed E-state index contributed by atoms with van der Waals surface area (Å²) < 4.78 is 21.2. The van der Waals surface area contributed by atoms with Gasteiger partial charge in [0.15, 0.2) is 11.5 Å². The molecule has 1 amide bonds. The van der Waals surface area contributed by atoms with Crippen LogP contribution in [0.2, 0.25) is 0 Å². The molecule has 0 aliphatic heterocycles. The molecule has 0 fully saturated rings. The van der Waals surface area contributed by atoms with Gasteiger partial charge in [0.1, 0.15) is 12.4 Å². The molecule has 1 unspecified atom stereocenters. The Labute approximate surface area is 205 Å². The smallest absolute Gasteiger partial charge is 0.307 e. The molecule has 7 nitrogen and oxygen atoms in total. The number of amides is 1. The third-order valence-corrected chi connectivity index (χ3v) is 5.28. The van der Waals surface area contributed by atoms with E-state index in [1.54, 1.807) is 24.3 Å². The average Bonchev–Trinajstić information content (AvgIpc) is 2.91. The van der Waals surface area contributed by atoms with Crippen LogP contribution in [-0.2, 0) is 20.9 Å². The number of hydrogen-bond donors (Lipinski definition) is 1. The van der Waals surface area contributed by atoms with E-state index in [1.807, 2.05) is 54.6 Å². The number of ether oxygens (including phenoxy) is 4. The maximum Gasteiger partial charge on any atom is 0.307 e. The average molecular weight is 476 g/mol. The van der Waals surface area contributed by atoms with Crippen LogP contribution in [0.1, 0.15) is 29.2 Å². The van der Waals surface area contributed by atoms with Gasteiger partial charge in [-0.15, -0.1) is 0 Å². The number of methoxy groups -OCH3 is 3. The summed E-state index contributed by atoms with van der Waals surface area (Å²) in [5.74, 6) is 0.995. The third-order valence-electron chi connectivity index (χ3n) is 5.28. The lowest BCUT2D eigenvalue weighted by molar-refractivity contribution is -0.141. The molecule has 0 saturated carbocycles. The minimum Gasteiger partial charge on any atom is -0.493 e. The molecular formula is C28H29NO6. The first-order chi connectivity index (χ1) is 17.0. The highest BCUT2D eigenvalue weighted by atomic mass is 16.5. The first-order valence-electron chi connectivity index (χ1n) is 11.1. The monoisotopic (exact) mass is 475 g/mol. The summed E-state index contributed by atoms with van der Waals surface area (Å²) in [6.07, 6.45) is 3.09. The Morgan fingerprint density at radius 1 is 0.886 bits per heavy atom. The number of carbonyl (C=O) groups is 2. The number of hydrogen-bond acceptors (Lipinski definition) is 6. The van der Waals surface area contributed by atoms with E-state index in [9.17, 15) is 9.59 Å². The molecule has 0 aromatic heterocycles. The Kier molecular flexibility index (Phi) is 9.31. The Morgan fingerprint density at radius 3 is 2.26 bits per heavy atom. The van der Waals surface area contributed by atoms with E-state index < -0.39 is 12.0 Å². The van der Waals surface area contributed by atoms with Gasteiger partial charge in [-0.2, -0.15) is 0 Å². The Balaban J connectivity index is 1.64. The van der Waals surface area contributed by atoms with Gasteiger partial charge in [0, 0.05) is 6.08 Å². The zero-order chi connectivity index (χ0) is 25.0. The lowest BCUT2D eigenvalue weighted by Crippen LogP contribution is -2.29. The van der Waals surface area contributed by atoms with Crippen molar-refractivity contribution in [1.29, 1.82) is 0 Å². The predicted octanol–water partition coefficient (Wildman–Crippen LogP) is 4.72. The van der Waals surface area contributed by atoms with Gasteiger partial charge in [-0.05, 0) is 47.0 Å². The van der Waals surface area contributed by atoms with E-state index in [0.717, 1.165) is 16.9 Å². The van der Waals surface area contributed by atoms with Gasteiger partial charge >= 0.3 is 5.97 Å². The summed E-state index contributed by atoms with van der Waals surface area (Å²) in [4.78, 5) is 24.6. The van der Waals surface area contributed by atoms with Crippen LogP contribution >= 0.6 is 0 Å². The molecule has 1 atom stereocenters. The van der Waals surface area contributed by atoms with Crippen molar-refractivity contribution >= 4 is 18.0 Å². The molecule has 7 heteroatoms. The van der Waals surface area contributed by atoms with Crippen LogP contribution in [0.15, 0.2) is 78.9 Å². The second kappa shape index (κ2) is 12.8. The fourth-order valence-corrected chi connectivity index (χ4v) is 3.38. The van der Waals surface area contributed by atoms with Crippen LogP contribution < -0.4 is 19.5 Å². The molecular weight excluding hydrogens is 446 g/mol. The summed E-state index contributed by atoms with van der Waals surface area (Å²) in [5.41, 5.74) is 2.61. The molecule has 0 bridgehead atoms. The van der Waals surface area contributed by atoms with Crippen molar-refractivity contribution in [1.82, 2.24) is 5.32 Å². The van der Waals surface area contributed by atoms with Crippen LogP contribution in [0.5, 0.6) is 17.2 Å². The Morgan fingerprint density at radius 2 is 1.60 bits per heavy atom. The Hall–Kier alpha value is -4.26. The summed E-state index contributed by atoms with van der Waals surface area (Å²) in [6, 6.07) is 22.0. The molecule has 182 valence electrons. The van der Waals surface area contributed by atoms with Gasteiger partial charge in [0.05, 0.1) is 33.8 Å². The van der Waals surface area contributed by atoms with Gasteiger partial charge in [0.25, 0.3) is 0 Å². The topological polar surface area (TPSA) is 83.1 Å². The van der Waals surface area contributed by atoms with Crippen LogP contribution in [-0.4, -0.2) is 33.2 Å². The molecule has 0 radical (unpaired) electrons. The normalized spacial score (nSPS) is 11.5. The third kappa shape index (κ3) is 7.64. The molecule has 0 aliphatic rings. The van der Waals surface area contributed by atoms with Gasteiger partial charge in [-0.1, -0.05) is 48.5 Å². The van der Waals surface area contributed by atoms with Crippen LogP contribution in [0.3, 0.4) is 0 Å². The Bertz CT molecular complexity index is 1140. The summed E-state index contributed by atoms with van der Waals surface area (Å²) >= 11 is 0. The maximum atomic E-state index is 12.6. The van der Waals surface area contributed by atoms with Crippen molar-refractivity contribution in [3.63, 3.8) is 0 Å². The quantitative estimate of drug-likeness (QED) is 0.319. The highest BCUT2D eigenvalue weighted by Crippen LogP contribution is 2.31. The van der Waals surface area contributed by atoms with Gasteiger partial charge in [0.2, 0.25) is 5.91 Å².